The van der Waals surface area contributed by atoms with Crippen molar-refractivity contribution in [1.82, 2.24) is 9.29 Å². The Balaban J connectivity index is 1.48. The third-order valence-corrected chi connectivity index (χ3v) is 7.81. The lowest BCUT2D eigenvalue weighted by Crippen LogP contribution is -2.30. The number of ether oxygens (including phenoxy) is 1. The van der Waals surface area contributed by atoms with E-state index in [0.29, 0.717) is 22.0 Å². The molecular formula is C31H24ClFN2O4S. The molecule has 0 unspecified atom stereocenters. The van der Waals surface area contributed by atoms with Crippen molar-refractivity contribution >= 4 is 27.5 Å². The summed E-state index contributed by atoms with van der Waals surface area (Å²) in [6, 6.07) is 29.6. The summed E-state index contributed by atoms with van der Waals surface area (Å²) >= 11 is 6.36. The van der Waals surface area contributed by atoms with E-state index in [2.05, 4.69) is 4.72 Å². The van der Waals surface area contributed by atoms with E-state index in [4.69, 9.17) is 16.3 Å². The fourth-order valence-corrected chi connectivity index (χ4v) is 5.47. The van der Waals surface area contributed by atoms with Crippen molar-refractivity contribution in [3.63, 3.8) is 0 Å². The number of carbonyl (C=O) groups excluding carboxylic acids is 1. The molecule has 1 aromatic heterocycles. The summed E-state index contributed by atoms with van der Waals surface area (Å²) in [6.45, 7) is 2.11. The summed E-state index contributed by atoms with van der Waals surface area (Å²) in [6.07, 6.45) is 0. The minimum Gasteiger partial charge on any atom is -0.488 e. The number of hydrogen-bond acceptors (Lipinski definition) is 4. The summed E-state index contributed by atoms with van der Waals surface area (Å²) in [7, 11) is -4.15. The predicted molar refractivity (Wildman–Crippen MR) is 153 cm³/mol. The summed E-state index contributed by atoms with van der Waals surface area (Å²) < 4.78 is 49.7. The van der Waals surface area contributed by atoms with Crippen LogP contribution in [-0.4, -0.2) is 18.9 Å². The topological polar surface area (TPSA) is 77.4 Å². The van der Waals surface area contributed by atoms with Gasteiger partial charge in [-0.3, -0.25) is 4.79 Å². The number of carbonyl (C=O) groups is 1. The molecule has 5 aromatic rings. The zero-order valence-electron chi connectivity index (χ0n) is 21.3. The molecule has 9 heteroatoms. The van der Waals surface area contributed by atoms with E-state index in [1.165, 1.54) is 36.4 Å². The quantitative estimate of drug-likeness (QED) is 0.218. The molecule has 0 atom stereocenters. The Morgan fingerprint density at radius 1 is 0.900 bits per heavy atom. The highest BCUT2D eigenvalue weighted by Gasteiger charge is 2.21. The lowest BCUT2D eigenvalue weighted by Gasteiger charge is -2.17. The first-order valence-corrected chi connectivity index (χ1v) is 14.2. The summed E-state index contributed by atoms with van der Waals surface area (Å²) in [5, 5.41) is 0.495. The molecule has 0 saturated heterocycles. The number of sulfonamides is 1. The van der Waals surface area contributed by atoms with Gasteiger partial charge in [-0.1, -0.05) is 48.0 Å². The highest BCUT2D eigenvalue weighted by molar-refractivity contribution is 7.90. The van der Waals surface area contributed by atoms with Crippen LogP contribution in [0.1, 0.15) is 21.6 Å². The van der Waals surface area contributed by atoms with Gasteiger partial charge in [-0.2, -0.15) is 0 Å². The van der Waals surface area contributed by atoms with Crippen molar-refractivity contribution in [2.75, 3.05) is 0 Å². The Bertz CT molecular complexity index is 1790. The molecule has 1 N–H and O–H groups in total. The maximum Gasteiger partial charge on any atom is 0.264 e. The molecule has 202 valence electrons. The molecule has 1 amide bonds. The van der Waals surface area contributed by atoms with Crippen LogP contribution in [0.3, 0.4) is 0 Å². The van der Waals surface area contributed by atoms with Gasteiger partial charge in [0.15, 0.2) is 0 Å². The van der Waals surface area contributed by atoms with Gasteiger partial charge in [-0.15, -0.1) is 0 Å². The number of hydrogen-bond donors (Lipinski definition) is 1. The average molecular weight is 575 g/mol. The van der Waals surface area contributed by atoms with E-state index in [1.807, 2.05) is 23.6 Å². The second-order valence-electron chi connectivity index (χ2n) is 9.05. The Labute approximate surface area is 236 Å². The number of nitrogens with zero attached hydrogens (tertiary/aromatic N) is 1. The van der Waals surface area contributed by atoms with Gasteiger partial charge in [-0.25, -0.2) is 17.5 Å². The number of rotatable bonds is 8. The molecule has 4 aromatic carbocycles. The zero-order valence-corrected chi connectivity index (χ0v) is 22.9. The second-order valence-corrected chi connectivity index (χ2v) is 11.2. The minimum absolute atomic E-state index is 0.0628. The van der Waals surface area contributed by atoms with Crippen molar-refractivity contribution < 1.29 is 22.3 Å². The van der Waals surface area contributed by atoms with Crippen LogP contribution < -0.4 is 9.46 Å². The predicted octanol–water partition coefficient (Wildman–Crippen LogP) is 6.94. The molecular weight excluding hydrogens is 551 g/mol. The van der Waals surface area contributed by atoms with Gasteiger partial charge in [0.1, 0.15) is 18.2 Å². The lowest BCUT2D eigenvalue weighted by atomic mass is 10.1. The first kappa shape index (κ1) is 27.2. The van der Waals surface area contributed by atoms with E-state index in [0.717, 1.165) is 17.0 Å². The standard InChI is InChI=1S/C31H24ClFN2O4S/c1-21-10-16-29(28-18-24(32)13-17-30(28)39-20-22-11-14-25(33)15-12-22)35(21)26-8-5-9-27(19-26)40(37,38)34-31(36)23-6-3-2-4-7-23/h2-19H,20H2,1H3,(H,34,36). The van der Waals surface area contributed by atoms with Gasteiger partial charge in [0, 0.05) is 27.5 Å². The van der Waals surface area contributed by atoms with Crippen molar-refractivity contribution in [3.8, 4) is 22.7 Å². The van der Waals surface area contributed by atoms with E-state index in [-0.39, 0.29) is 22.9 Å². The Morgan fingerprint density at radius 2 is 1.65 bits per heavy atom. The largest absolute Gasteiger partial charge is 0.488 e. The number of aromatic nitrogens is 1. The molecule has 6 nitrogen and oxygen atoms in total. The average Bonchev–Trinajstić information content (AvgIpc) is 3.34. The van der Waals surface area contributed by atoms with Gasteiger partial charge >= 0.3 is 0 Å². The normalized spacial score (nSPS) is 11.3. The van der Waals surface area contributed by atoms with Gasteiger partial charge in [0.05, 0.1) is 10.6 Å². The van der Waals surface area contributed by atoms with E-state index >= 15 is 0 Å². The van der Waals surface area contributed by atoms with Crippen LogP contribution >= 0.6 is 11.6 Å². The van der Waals surface area contributed by atoms with Gasteiger partial charge < -0.3 is 9.30 Å². The molecule has 0 aliphatic carbocycles. The van der Waals surface area contributed by atoms with Crippen LogP contribution in [0.4, 0.5) is 4.39 Å². The van der Waals surface area contributed by atoms with Crippen LogP contribution in [0.25, 0.3) is 16.9 Å². The summed E-state index contributed by atoms with van der Waals surface area (Å²) in [5.74, 6) is -0.495. The molecule has 0 aliphatic heterocycles. The number of nitrogens with one attached hydrogen (secondary N) is 1. The SMILES string of the molecule is Cc1ccc(-c2cc(Cl)ccc2OCc2ccc(F)cc2)n1-c1cccc(S(=O)(=O)NC(=O)c2ccccc2)c1. The molecule has 40 heavy (non-hydrogen) atoms. The van der Waals surface area contributed by atoms with Crippen molar-refractivity contribution in [2.45, 2.75) is 18.4 Å². The maximum absolute atomic E-state index is 13.3. The number of benzene rings is 4. The van der Waals surface area contributed by atoms with Gasteiger partial charge in [0.2, 0.25) is 0 Å². The number of aryl methyl sites for hydroxylation is 1. The maximum atomic E-state index is 13.3. The molecule has 0 aliphatic rings. The van der Waals surface area contributed by atoms with Crippen molar-refractivity contribution in [3.05, 3.63) is 137 Å². The second kappa shape index (κ2) is 11.4. The third-order valence-electron chi connectivity index (χ3n) is 6.25. The van der Waals surface area contributed by atoms with Crippen LogP contribution in [0.15, 0.2) is 114 Å². The van der Waals surface area contributed by atoms with Crippen LogP contribution in [-0.2, 0) is 16.6 Å². The van der Waals surface area contributed by atoms with Crippen LogP contribution in [0, 0.1) is 12.7 Å². The first-order chi connectivity index (χ1) is 19.2. The smallest absolute Gasteiger partial charge is 0.264 e. The van der Waals surface area contributed by atoms with Gasteiger partial charge in [-0.05, 0) is 85.3 Å². The van der Waals surface area contributed by atoms with Crippen LogP contribution in [0.5, 0.6) is 5.75 Å². The number of amides is 1. The highest BCUT2D eigenvalue weighted by Crippen LogP contribution is 2.36. The Hall–Kier alpha value is -4.40. The zero-order chi connectivity index (χ0) is 28.3. The Kier molecular flexibility index (Phi) is 7.73. The Morgan fingerprint density at radius 3 is 2.40 bits per heavy atom. The first-order valence-electron chi connectivity index (χ1n) is 12.3. The highest BCUT2D eigenvalue weighted by atomic mass is 35.5. The minimum atomic E-state index is -4.15. The van der Waals surface area contributed by atoms with Gasteiger partial charge in [0.25, 0.3) is 15.9 Å². The number of halogens is 2. The van der Waals surface area contributed by atoms with E-state index in [9.17, 15) is 17.6 Å². The van der Waals surface area contributed by atoms with E-state index < -0.39 is 15.9 Å². The molecule has 1 heterocycles. The monoisotopic (exact) mass is 574 g/mol. The van der Waals surface area contributed by atoms with Crippen molar-refractivity contribution in [1.29, 1.82) is 0 Å². The lowest BCUT2D eigenvalue weighted by molar-refractivity contribution is 0.0981. The fraction of sp³-hybridized carbons (Fsp3) is 0.0645. The summed E-state index contributed by atoms with van der Waals surface area (Å²) in [4.78, 5) is 12.5. The van der Waals surface area contributed by atoms with E-state index in [1.54, 1.807) is 60.7 Å². The molecule has 0 radical (unpaired) electrons. The molecule has 5 rings (SSSR count). The molecule has 0 saturated carbocycles. The van der Waals surface area contributed by atoms with Crippen LogP contribution in [0.2, 0.25) is 5.02 Å². The molecule has 0 spiro atoms. The molecule has 0 bridgehead atoms. The third kappa shape index (κ3) is 5.93. The van der Waals surface area contributed by atoms with Crippen molar-refractivity contribution in [2.24, 2.45) is 0 Å². The fourth-order valence-electron chi connectivity index (χ4n) is 4.28. The summed E-state index contributed by atoms with van der Waals surface area (Å²) in [5.41, 5.74) is 3.84. The molecule has 0 fully saturated rings.